The van der Waals surface area contributed by atoms with Crippen molar-refractivity contribution in [2.24, 2.45) is 5.16 Å². The number of rotatable bonds is 7. The Hall–Kier alpha value is -3.21. The van der Waals surface area contributed by atoms with Gasteiger partial charge in [0, 0.05) is 11.6 Å². The van der Waals surface area contributed by atoms with Crippen LogP contribution in [-0.2, 0) is 0 Å². The lowest BCUT2D eigenvalue weighted by molar-refractivity contribution is 0.216. The smallest absolute Gasteiger partial charge is 0.132 e. The summed E-state index contributed by atoms with van der Waals surface area (Å²) in [7, 11) is 1.59. The molecule has 0 aromatic heterocycles. The minimum Gasteiger partial charge on any atom is -0.497 e. The summed E-state index contributed by atoms with van der Waals surface area (Å²) < 4.78 is 16.7. The number of nitrogens with zero attached hydrogens (tertiary/aromatic N) is 1. The molecule has 0 aliphatic heterocycles. The summed E-state index contributed by atoms with van der Waals surface area (Å²) in [6.07, 6.45) is 1.32. The standard InChI is InChI=1S/C20H19NO4/c1-23-18-8-7-17(14-21-22)20(13-18)25-11-10-24-19-9-6-15-4-2-3-5-16(15)12-19/h2-9,12-14,22H,10-11H2,1H3. The Labute approximate surface area is 146 Å². The van der Waals surface area contributed by atoms with Crippen molar-refractivity contribution in [2.75, 3.05) is 20.3 Å². The number of oxime groups is 1. The number of hydrogen-bond donors (Lipinski definition) is 1. The number of hydrogen-bond acceptors (Lipinski definition) is 5. The maximum Gasteiger partial charge on any atom is 0.132 e. The molecule has 0 saturated heterocycles. The number of methoxy groups -OCH3 is 1. The third-order valence-corrected chi connectivity index (χ3v) is 3.75. The SMILES string of the molecule is COc1ccc(C=NO)c(OCCOc2ccc3ccccc3c2)c1. The van der Waals surface area contributed by atoms with Crippen molar-refractivity contribution in [2.45, 2.75) is 0 Å². The van der Waals surface area contributed by atoms with Gasteiger partial charge in [-0.25, -0.2) is 0 Å². The Kier molecular flexibility index (Phi) is 5.36. The first-order chi connectivity index (χ1) is 12.3. The van der Waals surface area contributed by atoms with Crippen molar-refractivity contribution in [1.82, 2.24) is 0 Å². The molecule has 1 N–H and O–H groups in total. The van der Waals surface area contributed by atoms with Crippen LogP contribution in [0.4, 0.5) is 0 Å². The second kappa shape index (κ2) is 8.06. The van der Waals surface area contributed by atoms with Gasteiger partial charge in [-0.15, -0.1) is 0 Å². The van der Waals surface area contributed by atoms with Crippen LogP contribution in [0.1, 0.15) is 5.56 Å². The Balaban J connectivity index is 1.60. The average Bonchev–Trinajstić information content (AvgIpc) is 2.66. The summed E-state index contributed by atoms with van der Waals surface area (Å²) in [5.41, 5.74) is 0.661. The fraction of sp³-hybridized carbons (Fsp3) is 0.150. The molecule has 3 rings (SSSR count). The highest BCUT2D eigenvalue weighted by molar-refractivity contribution is 5.84. The van der Waals surface area contributed by atoms with Crippen molar-refractivity contribution >= 4 is 17.0 Å². The zero-order valence-electron chi connectivity index (χ0n) is 13.9. The zero-order chi connectivity index (χ0) is 17.5. The number of ether oxygens (including phenoxy) is 3. The first-order valence-electron chi connectivity index (χ1n) is 7.90. The van der Waals surface area contributed by atoms with Gasteiger partial charge in [0.2, 0.25) is 0 Å². The van der Waals surface area contributed by atoms with E-state index in [2.05, 4.69) is 17.3 Å². The second-order valence-corrected chi connectivity index (χ2v) is 5.35. The summed E-state index contributed by atoms with van der Waals surface area (Å²) in [6, 6.07) is 19.4. The van der Waals surface area contributed by atoms with Crippen LogP contribution in [0.5, 0.6) is 17.2 Å². The maximum atomic E-state index is 8.74. The lowest BCUT2D eigenvalue weighted by atomic mass is 10.1. The number of benzene rings is 3. The van der Waals surface area contributed by atoms with Crippen LogP contribution in [0.15, 0.2) is 65.8 Å². The van der Waals surface area contributed by atoms with Crippen LogP contribution in [0.25, 0.3) is 10.8 Å². The van der Waals surface area contributed by atoms with Gasteiger partial charge < -0.3 is 19.4 Å². The molecule has 0 bridgehead atoms. The highest BCUT2D eigenvalue weighted by Crippen LogP contribution is 2.24. The van der Waals surface area contributed by atoms with Crippen molar-refractivity contribution in [3.05, 3.63) is 66.2 Å². The third kappa shape index (κ3) is 4.20. The molecule has 3 aromatic carbocycles. The van der Waals surface area contributed by atoms with Crippen LogP contribution in [0.2, 0.25) is 0 Å². The van der Waals surface area contributed by atoms with Crippen LogP contribution in [0.3, 0.4) is 0 Å². The molecular formula is C20H19NO4. The van der Waals surface area contributed by atoms with E-state index < -0.39 is 0 Å². The topological polar surface area (TPSA) is 60.3 Å². The molecule has 128 valence electrons. The lowest BCUT2D eigenvalue weighted by Crippen LogP contribution is -2.10. The predicted octanol–water partition coefficient (Wildman–Crippen LogP) is 4.11. The average molecular weight is 337 g/mol. The van der Waals surface area contributed by atoms with E-state index in [1.807, 2.05) is 30.3 Å². The molecule has 0 spiro atoms. The van der Waals surface area contributed by atoms with E-state index in [-0.39, 0.29) is 0 Å². The molecule has 0 unspecified atom stereocenters. The highest BCUT2D eigenvalue weighted by Gasteiger charge is 2.05. The molecule has 3 aromatic rings. The molecule has 0 radical (unpaired) electrons. The van der Waals surface area contributed by atoms with Crippen molar-refractivity contribution in [3.63, 3.8) is 0 Å². The van der Waals surface area contributed by atoms with E-state index >= 15 is 0 Å². The lowest BCUT2D eigenvalue weighted by Gasteiger charge is -2.12. The van der Waals surface area contributed by atoms with E-state index in [9.17, 15) is 0 Å². The molecule has 5 heteroatoms. The van der Waals surface area contributed by atoms with Gasteiger partial charge >= 0.3 is 0 Å². The minimum absolute atomic E-state index is 0.353. The van der Waals surface area contributed by atoms with Gasteiger partial charge in [0.25, 0.3) is 0 Å². The molecule has 0 fully saturated rings. The maximum absolute atomic E-state index is 8.74. The fourth-order valence-corrected chi connectivity index (χ4v) is 2.50. The fourth-order valence-electron chi connectivity index (χ4n) is 2.50. The molecule has 0 saturated carbocycles. The summed E-state index contributed by atoms with van der Waals surface area (Å²) in [4.78, 5) is 0. The van der Waals surface area contributed by atoms with Crippen LogP contribution in [0, 0.1) is 0 Å². The molecule has 0 aliphatic rings. The molecule has 0 heterocycles. The molecule has 0 aliphatic carbocycles. The molecule has 25 heavy (non-hydrogen) atoms. The van der Waals surface area contributed by atoms with Crippen molar-refractivity contribution < 1.29 is 19.4 Å². The molecule has 5 nitrogen and oxygen atoms in total. The van der Waals surface area contributed by atoms with Gasteiger partial charge in [-0.1, -0.05) is 35.5 Å². The van der Waals surface area contributed by atoms with Crippen LogP contribution < -0.4 is 14.2 Å². The Bertz CT molecular complexity index is 876. The Morgan fingerprint density at radius 2 is 1.64 bits per heavy atom. The van der Waals surface area contributed by atoms with Crippen molar-refractivity contribution in [1.29, 1.82) is 0 Å². The highest BCUT2D eigenvalue weighted by atomic mass is 16.5. The second-order valence-electron chi connectivity index (χ2n) is 5.35. The van der Waals surface area contributed by atoms with E-state index in [1.165, 1.54) is 11.6 Å². The van der Waals surface area contributed by atoms with Gasteiger partial charge in [0.05, 0.1) is 13.3 Å². The van der Waals surface area contributed by atoms with Crippen LogP contribution >= 0.6 is 0 Å². The van der Waals surface area contributed by atoms with Gasteiger partial charge in [-0.3, -0.25) is 0 Å². The molecule has 0 atom stereocenters. The number of fused-ring (bicyclic) bond motifs is 1. The van der Waals surface area contributed by atoms with E-state index in [0.717, 1.165) is 11.1 Å². The van der Waals surface area contributed by atoms with Gasteiger partial charge in [0.15, 0.2) is 0 Å². The zero-order valence-corrected chi connectivity index (χ0v) is 13.9. The third-order valence-electron chi connectivity index (χ3n) is 3.75. The molecule has 0 amide bonds. The normalized spacial score (nSPS) is 10.9. The first kappa shape index (κ1) is 16.6. The van der Waals surface area contributed by atoms with Gasteiger partial charge in [-0.05, 0) is 35.0 Å². The Morgan fingerprint density at radius 1 is 0.880 bits per heavy atom. The largest absolute Gasteiger partial charge is 0.497 e. The summed E-state index contributed by atoms with van der Waals surface area (Å²) >= 11 is 0. The van der Waals surface area contributed by atoms with Crippen LogP contribution in [-0.4, -0.2) is 31.7 Å². The Morgan fingerprint density at radius 3 is 2.44 bits per heavy atom. The van der Waals surface area contributed by atoms with E-state index in [0.29, 0.717) is 30.3 Å². The van der Waals surface area contributed by atoms with Gasteiger partial charge in [-0.2, -0.15) is 0 Å². The minimum atomic E-state index is 0.353. The monoisotopic (exact) mass is 337 g/mol. The quantitative estimate of drug-likeness (QED) is 0.305. The van der Waals surface area contributed by atoms with Crippen molar-refractivity contribution in [3.8, 4) is 17.2 Å². The summed E-state index contributed by atoms with van der Waals surface area (Å²) in [6.45, 7) is 0.748. The molecular weight excluding hydrogens is 318 g/mol. The van der Waals surface area contributed by atoms with E-state index in [1.54, 1.807) is 25.3 Å². The van der Waals surface area contributed by atoms with Gasteiger partial charge in [0.1, 0.15) is 30.5 Å². The predicted molar refractivity (Wildman–Crippen MR) is 97.3 cm³/mol. The van der Waals surface area contributed by atoms with E-state index in [4.69, 9.17) is 19.4 Å². The first-order valence-corrected chi connectivity index (χ1v) is 7.90. The summed E-state index contributed by atoms with van der Waals surface area (Å²) in [5.74, 6) is 2.03. The summed E-state index contributed by atoms with van der Waals surface area (Å²) in [5, 5.41) is 14.1.